The van der Waals surface area contributed by atoms with Crippen molar-refractivity contribution in [1.29, 1.82) is 0 Å². The number of aromatic nitrogens is 6. The predicted molar refractivity (Wildman–Crippen MR) is 127 cm³/mol. The minimum Gasteiger partial charge on any atom is -0.205 e. The smallest absolute Gasteiger partial charge is 0.205 e. The molecule has 4 aromatic rings. The summed E-state index contributed by atoms with van der Waals surface area (Å²) in [6, 6.07) is 0.725. The van der Waals surface area contributed by atoms with Gasteiger partial charge in [-0.1, -0.05) is 0 Å². The first-order chi connectivity index (χ1) is 21.3. The second-order valence-electron chi connectivity index (χ2n) is 9.53. The third kappa shape index (κ3) is 7.27. The average Bonchev–Trinajstić information content (AvgIpc) is 3.47. The van der Waals surface area contributed by atoms with Crippen LogP contribution in [0.5, 0.6) is 0 Å². The maximum atomic E-state index is 14.7. The second kappa shape index (κ2) is 11.9. The third-order valence-corrected chi connectivity index (χ3v) is 7.79. The van der Waals surface area contributed by atoms with Gasteiger partial charge in [0.15, 0.2) is 0 Å². The first-order valence-electron chi connectivity index (χ1n) is 12.1. The summed E-state index contributed by atoms with van der Waals surface area (Å²) in [5, 5.41) is -1.28. The van der Waals surface area contributed by atoms with Crippen LogP contribution in [-0.4, -0.2) is 41.9 Å². The number of hydrogen-bond acceptors (Lipinski definition) is 5. The molecule has 0 aliphatic heterocycles. The fourth-order valence-electron chi connectivity index (χ4n) is 4.17. The van der Waals surface area contributed by atoms with Gasteiger partial charge in [-0.2, -0.15) is 80.8 Å². The van der Waals surface area contributed by atoms with Gasteiger partial charge in [-0.15, -0.1) is 22.0 Å². The number of halogens is 16. The topological polar surface area (TPSA) is 61.4 Å². The Morgan fingerprint density at radius 1 is 0.553 bits per heavy atom. The van der Waals surface area contributed by atoms with Gasteiger partial charge in [-0.3, -0.25) is 0 Å². The highest BCUT2D eigenvalue weighted by Crippen LogP contribution is 2.56. The van der Waals surface area contributed by atoms with Crippen LogP contribution in [0.15, 0.2) is 24.3 Å². The number of aryl methyl sites for hydroxylation is 2. The molecular formula is C24H12F16N6S. The Labute approximate surface area is 254 Å². The molecule has 0 spiro atoms. The van der Waals surface area contributed by atoms with Crippen molar-refractivity contribution < 1.29 is 70.2 Å². The van der Waals surface area contributed by atoms with Gasteiger partial charge in [0.05, 0.1) is 0 Å². The zero-order valence-electron chi connectivity index (χ0n) is 22.6. The molecule has 0 bridgehead atoms. The largest absolute Gasteiger partial charge is 0.453 e. The summed E-state index contributed by atoms with van der Waals surface area (Å²) in [5.74, 6) is -7.61. The van der Waals surface area contributed by atoms with Crippen molar-refractivity contribution in [3.05, 3.63) is 82.0 Å². The Morgan fingerprint density at radius 2 is 0.872 bits per heavy atom. The molecule has 2 aromatic heterocycles. The summed E-state index contributed by atoms with van der Waals surface area (Å²) >= 11 is -0.948. The van der Waals surface area contributed by atoms with E-state index in [0.29, 0.717) is 0 Å². The molecule has 0 amide bonds. The molecule has 0 N–H and O–H groups in total. The van der Waals surface area contributed by atoms with Gasteiger partial charge in [0, 0.05) is 0 Å². The summed E-state index contributed by atoms with van der Waals surface area (Å²) in [6.07, 6.45) is -26.4. The molecule has 256 valence electrons. The Kier molecular flexibility index (Phi) is 9.05. The van der Waals surface area contributed by atoms with Crippen LogP contribution in [0.25, 0.3) is 11.4 Å². The van der Waals surface area contributed by atoms with E-state index in [4.69, 9.17) is 0 Å². The van der Waals surface area contributed by atoms with Crippen LogP contribution in [0.2, 0.25) is 0 Å². The van der Waals surface area contributed by atoms with Crippen molar-refractivity contribution in [3.63, 3.8) is 0 Å². The van der Waals surface area contributed by atoms with Crippen LogP contribution in [0.3, 0.4) is 0 Å². The van der Waals surface area contributed by atoms with Crippen LogP contribution < -0.4 is 0 Å². The monoisotopic (exact) mass is 720 g/mol. The summed E-state index contributed by atoms with van der Waals surface area (Å²) in [4.78, 5) is 4.85. The molecule has 2 atom stereocenters. The lowest BCUT2D eigenvalue weighted by Gasteiger charge is -2.29. The lowest BCUT2D eigenvalue weighted by Crippen LogP contribution is -2.26. The minimum atomic E-state index is -5.66. The Morgan fingerprint density at radius 3 is 1.13 bits per heavy atom. The van der Waals surface area contributed by atoms with Crippen molar-refractivity contribution in [2.75, 3.05) is 0 Å². The second-order valence-corrected chi connectivity index (χ2v) is 10.7. The SMILES string of the molecule is Cc1cc(F)c(-n2nc(C(F)(F)F)nc2F)cc1C(SC(c1cc(-n2nc(C(F)(F)F)nc2F)c(F)cc1C)C(F)(F)F)C(F)(F)F. The molecule has 23 heteroatoms. The first kappa shape index (κ1) is 35.8. The molecule has 2 heterocycles. The van der Waals surface area contributed by atoms with E-state index in [1.807, 2.05) is 0 Å². The van der Waals surface area contributed by atoms with Gasteiger partial charge in [0.2, 0.25) is 0 Å². The molecule has 47 heavy (non-hydrogen) atoms. The van der Waals surface area contributed by atoms with Crippen LogP contribution in [0.1, 0.15) is 44.4 Å². The number of nitrogens with zero attached hydrogens (tertiary/aromatic N) is 6. The highest BCUT2D eigenvalue weighted by molar-refractivity contribution is 7.99. The van der Waals surface area contributed by atoms with Crippen molar-refractivity contribution in [2.45, 2.75) is 49.1 Å². The fraction of sp³-hybridized carbons (Fsp3) is 0.333. The van der Waals surface area contributed by atoms with E-state index in [1.165, 1.54) is 0 Å². The van der Waals surface area contributed by atoms with Crippen LogP contribution >= 0.6 is 11.8 Å². The zero-order valence-corrected chi connectivity index (χ0v) is 23.4. The summed E-state index contributed by atoms with van der Waals surface area (Å²) in [5.41, 5.74) is -6.64. The molecular weight excluding hydrogens is 708 g/mol. The van der Waals surface area contributed by atoms with Crippen molar-refractivity contribution in [3.8, 4) is 11.4 Å². The fourth-order valence-corrected chi connectivity index (χ4v) is 5.55. The third-order valence-electron chi connectivity index (χ3n) is 6.20. The quantitative estimate of drug-likeness (QED) is 0.187. The van der Waals surface area contributed by atoms with Gasteiger partial charge >= 0.3 is 36.9 Å². The number of benzene rings is 2. The van der Waals surface area contributed by atoms with Crippen LogP contribution in [-0.2, 0) is 12.4 Å². The van der Waals surface area contributed by atoms with E-state index in [2.05, 4.69) is 20.2 Å². The van der Waals surface area contributed by atoms with Gasteiger partial charge in [0.25, 0.3) is 11.6 Å². The zero-order chi connectivity index (χ0) is 35.6. The molecule has 0 aliphatic carbocycles. The van der Waals surface area contributed by atoms with E-state index in [-0.39, 0.29) is 24.3 Å². The first-order valence-corrected chi connectivity index (χ1v) is 13.0. The van der Waals surface area contributed by atoms with Gasteiger partial charge in [-0.05, 0) is 60.4 Å². The molecule has 2 unspecified atom stereocenters. The summed E-state index contributed by atoms with van der Waals surface area (Å²) in [6.45, 7) is 1.58. The van der Waals surface area contributed by atoms with Crippen LogP contribution in [0.4, 0.5) is 70.2 Å². The van der Waals surface area contributed by atoms with Crippen molar-refractivity contribution >= 4 is 11.8 Å². The molecule has 0 saturated carbocycles. The maximum absolute atomic E-state index is 14.7. The molecule has 6 nitrogen and oxygen atoms in total. The summed E-state index contributed by atoms with van der Waals surface area (Å²) in [7, 11) is 0. The van der Waals surface area contributed by atoms with E-state index < -0.39 is 125 Å². The highest BCUT2D eigenvalue weighted by Gasteiger charge is 2.51. The predicted octanol–water partition coefficient (Wildman–Crippen LogP) is 8.70. The lowest BCUT2D eigenvalue weighted by molar-refractivity contribution is -0.145. The Balaban J connectivity index is 1.88. The standard InChI is InChI=1S/C24H12F16N6S/c1-7-3-11(25)13(45-19(27)41-17(43-45)23(35,36)37)5-9(7)15(21(29,30)31)47-16(22(32,33)34)10-6-14(12(26)4-8(10)2)46-20(28)42-18(44-46)24(38,39)40/h3-6,15-16H,1-2H3. The average molecular weight is 720 g/mol. The molecule has 0 fully saturated rings. The molecule has 0 aliphatic rings. The lowest BCUT2D eigenvalue weighted by atomic mass is 10.0. The molecule has 2 aromatic carbocycles. The number of rotatable bonds is 6. The number of hydrogen-bond donors (Lipinski definition) is 0. The Bertz CT molecular complexity index is 1670. The maximum Gasteiger partial charge on any atom is 0.453 e. The van der Waals surface area contributed by atoms with E-state index in [0.717, 1.165) is 13.8 Å². The van der Waals surface area contributed by atoms with Crippen molar-refractivity contribution in [2.24, 2.45) is 0 Å². The number of thioether (sulfide) groups is 1. The van der Waals surface area contributed by atoms with Crippen LogP contribution in [0, 0.1) is 37.6 Å². The van der Waals surface area contributed by atoms with Gasteiger partial charge in [-0.25, -0.2) is 8.78 Å². The summed E-state index contributed by atoms with van der Waals surface area (Å²) < 4.78 is 221. The Hall–Kier alpha value is -4.05. The molecule has 0 saturated heterocycles. The van der Waals surface area contributed by atoms with Crippen molar-refractivity contribution in [1.82, 2.24) is 29.5 Å². The highest BCUT2D eigenvalue weighted by atomic mass is 32.2. The molecule has 4 rings (SSSR count). The minimum absolute atomic E-state index is 0.105. The van der Waals surface area contributed by atoms with E-state index >= 15 is 0 Å². The van der Waals surface area contributed by atoms with E-state index in [9.17, 15) is 70.2 Å². The van der Waals surface area contributed by atoms with Gasteiger partial charge in [0.1, 0.15) is 33.5 Å². The van der Waals surface area contributed by atoms with Gasteiger partial charge < -0.3 is 0 Å². The number of alkyl halides is 12. The van der Waals surface area contributed by atoms with E-state index in [1.54, 1.807) is 0 Å². The molecule has 0 radical (unpaired) electrons. The normalized spacial score (nSPS) is 14.5.